The van der Waals surface area contributed by atoms with E-state index in [0.717, 1.165) is 18.5 Å². The zero-order valence-corrected chi connectivity index (χ0v) is 11.7. The minimum absolute atomic E-state index is 0.117. The van der Waals surface area contributed by atoms with E-state index < -0.39 is 5.95 Å². The molecule has 3 rings (SSSR count). The van der Waals surface area contributed by atoms with E-state index in [4.69, 9.17) is 0 Å². The number of nitrogens with one attached hydrogen (secondary N) is 2. The second-order valence-corrected chi connectivity index (χ2v) is 5.16. The van der Waals surface area contributed by atoms with Crippen LogP contribution in [0.5, 0.6) is 0 Å². The summed E-state index contributed by atoms with van der Waals surface area (Å²) in [4.78, 5) is 15.6. The van der Waals surface area contributed by atoms with Crippen molar-refractivity contribution in [2.75, 3.05) is 11.9 Å². The Bertz CT molecular complexity index is 670. The fourth-order valence-electron chi connectivity index (χ4n) is 2.47. The Morgan fingerprint density at radius 1 is 1.38 bits per heavy atom. The molecule has 0 saturated carbocycles. The number of hydrogen-bond acceptors (Lipinski definition) is 3. The van der Waals surface area contributed by atoms with Gasteiger partial charge in [0.25, 0.3) is 5.91 Å². The van der Waals surface area contributed by atoms with Crippen LogP contribution in [0.15, 0.2) is 36.5 Å². The normalized spacial score (nSPS) is 14.2. The van der Waals surface area contributed by atoms with Crippen LogP contribution >= 0.6 is 0 Å². The second-order valence-electron chi connectivity index (χ2n) is 5.16. The number of pyridine rings is 1. The lowest BCUT2D eigenvalue weighted by Crippen LogP contribution is -2.26. The summed E-state index contributed by atoms with van der Waals surface area (Å²) >= 11 is 0. The van der Waals surface area contributed by atoms with Gasteiger partial charge in [0.05, 0.1) is 11.6 Å². The second kappa shape index (κ2) is 5.52. The van der Waals surface area contributed by atoms with Crippen molar-refractivity contribution in [3.8, 4) is 0 Å². The number of aromatic nitrogens is 1. The lowest BCUT2D eigenvalue weighted by Gasteiger charge is -2.15. The van der Waals surface area contributed by atoms with Crippen molar-refractivity contribution in [3.05, 3.63) is 59.2 Å². The number of carbonyl (C=O) groups is 1. The molecule has 21 heavy (non-hydrogen) atoms. The zero-order chi connectivity index (χ0) is 14.8. The summed E-state index contributed by atoms with van der Waals surface area (Å²) in [5, 5.41) is 6.21. The highest BCUT2D eigenvalue weighted by Gasteiger charge is 2.15. The van der Waals surface area contributed by atoms with E-state index in [0.29, 0.717) is 5.56 Å². The molecular weight excluding hydrogens is 269 g/mol. The van der Waals surface area contributed by atoms with Gasteiger partial charge in [-0.05, 0) is 42.7 Å². The molecule has 5 heteroatoms. The van der Waals surface area contributed by atoms with Crippen LogP contribution < -0.4 is 10.6 Å². The number of rotatable bonds is 3. The Hall–Kier alpha value is -2.43. The van der Waals surface area contributed by atoms with Crippen molar-refractivity contribution >= 4 is 11.6 Å². The fourth-order valence-corrected chi connectivity index (χ4v) is 2.47. The summed E-state index contributed by atoms with van der Waals surface area (Å²) in [6, 6.07) is 8.65. The molecule has 1 aliphatic rings. The van der Waals surface area contributed by atoms with Crippen LogP contribution in [0.2, 0.25) is 0 Å². The van der Waals surface area contributed by atoms with Gasteiger partial charge in [-0.3, -0.25) is 4.79 Å². The van der Waals surface area contributed by atoms with E-state index in [9.17, 15) is 9.18 Å². The van der Waals surface area contributed by atoms with Crippen molar-refractivity contribution in [3.63, 3.8) is 0 Å². The van der Waals surface area contributed by atoms with Gasteiger partial charge in [0.1, 0.15) is 0 Å². The molecule has 1 atom stereocenters. The number of hydrogen-bond donors (Lipinski definition) is 2. The highest BCUT2D eigenvalue weighted by molar-refractivity contribution is 5.94. The Morgan fingerprint density at radius 2 is 2.24 bits per heavy atom. The molecule has 0 bridgehead atoms. The van der Waals surface area contributed by atoms with Crippen molar-refractivity contribution < 1.29 is 9.18 Å². The summed E-state index contributed by atoms with van der Waals surface area (Å²) in [6.07, 6.45) is 2.25. The minimum atomic E-state index is -0.592. The number of benzene rings is 1. The van der Waals surface area contributed by atoms with Gasteiger partial charge in [0.15, 0.2) is 0 Å². The first kappa shape index (κ1) is 13.5. The molecule has 2 heterocycles. The van der Waals surface area contributed by atoms with Crippen LogP contribution in [0.4, 0.5) is 10.1 Å². The van der Waals surface area contributed by atoms with E-state index in [1.54, 1.807) is 0 Å². The van der Waals surface area contributed by atoms with Gasteiger partial charge >= 0.3 is 0 Å². The first-order chi connectivity index (χ1) is 10.1. The molecule has 0 fully saturated rings. The van der Waals surface area contributed by atoms with Gasteiger partial charge in [-0.1, -0.05) is 12.1 Å². The summed E-state index contributed by atoms with van der Waals surface area (Å²) in [6.45, 7) is 2.89. The summed E-state index contributed by atoms with van der Waals surface area (Å²) in [5.74, 6) is -0.848. The third-order valence-corrected chi connectivity index (χ3v) is 3.68. The van der Waals surface area contributed by atoms with E-state index in [1.165, 1.54) is 29.6 Å². The van der Waals surface area contributed by atoms with Crippen LogP contribution in [-0.4, -0.2) is 17.4 Å². The molecule has 1 amide bonds. The highest BCUT2D eigenvalue weighted by atomic mass is 19.1. The van der Waals surface area contributed by atoms with Crippen LogP contribution in [0.1, 0.15) is 34.5 Å². The molecule has 0 spiro atoms. The van der Waals surface area contributed by atoms with Gasteiger partial charge in [-0.2, -0.15) is 4.39 Å². The van der Waals surface area contributed by atoms with Crippen molar-refractivity contribution in [1.82, 2.24) is 10.3 Å². The lowest BCUT2D eigenvalue weighted by molar-refractivity contribution is 0.0939. The predicted molar refractivity (Wildman–Crippen MR) is 78.7 cm³/mol. The maximum absolute atomic E-state index is 12.8. The molecule has 1 aromatic carbocycles. The molecule has 0 aliphatic carbocycles. The van der Waals surface area contributed by atoms with Crippen LogP contribution in [0, 0.1) is 5.95 Å². The third kappa shape index (κ3) is 2.86. The van der Waals surface area contributed by atoms with Crippen LogP contribution in [0.25, 0.3) is 0 Å². The highest BCUT2D eigenvalue weighted by Crippen LogP contribution is 2.25. The van der Waals surface area contributed by atoms with Crippen molar-refractivity contribution in [1.29, 1.82) is 0 Å². The fraction of sp³-hybridized carbons (Fsp3) is 0.250. The number of anilines is 1. The Kier molecular flexibility index (Phi) is 3.56. The Morgan fingerprint density at radius 3 is 3.00 bits per heavy atom. The largest absolute Gasteiger partial charge is 0.384 e. The van der Waals surface area contributed by atoms with E-state index in [-0.39, 0.29) is 11.9 Å². The molecule has 2 aromatic rings. The molecule has 1 unspecified atom stereocenters. The molecular formula is C16H16FN3O. The Labute approximate surface area is 122 Å². The molecule has 108 valence electrons. The first-order valence-corrected chi connectivity index (χ1v) is 6.92. The summed E-state index contributed by atoms with van der Waals surface area (Å²) < 4.78 is 12.8. The monoisotopic (exact) mass is 285 g/mol. The standard InChI is InChI=1S/C16H16FN3O/c1-10(11-2-4-14-12(8-11)6-7-18-14)20-16(21)13-3-5-15(17)19-9-13/h2-5,8-10,18H,6-7H2,1H3,(H,20,21). The first-order valence-electron chi connectivity index (χ1n) is 6.92. The zero-order valence-electron chi connectivity index (χ0n) is 11.7. The maximum Gasteiger partial charge on any atom is 0.253 e. The van der Waals surface area contributed by atoms with Crippen LogP contribution in [-0.2, 0) is 6.42 Å². The molecule has 1 aromatic heterocycles. The topological polar surface area (TPSA) is 54.0 Å². The average Bonchev–Trinajstić information content (AvgIpc) is 2.95. The number of fused-ring (bicyclic) bond motifs is 1. The van der Waals surface area contributed by atoms with Gasteiger partial charge in [-0.25, -0.2) is 4.98 Å². The van der Waals surface area contributed by atoms with Crippen molar-refractivity contribution in [2.45, 2.75) is 19.4 Å². The van der Waals surface area contributed by atoms with Gasteiger partial charge in [-0.15, -0.1) is 0 Å². The van der Waals surface area contributed by atoms with E-state index in [1.807, 2.05) is 19.1 Å². The van der Waals surface area contributed by atoms with E-state index >= 15 is 0 Å². The third-order valence-electron chi connectivity index (χ3n) is 3.68. The molecule has 4 nitrogen and oxygen atoms in total. The van der Waals surface area contributed by atoms with E-state index in [2.05, 4.69) is 21.7 Å². The number of carbonyl (C=O) groups excluding carboxylic acids is 1. The summed E-state index contributed by atoms with van der Waals surface area (Å²) in [7, 11) is 0. The quantitative estimate of drug-likeness (QED) is 0.853. The van der Waals surface area contributed by atoms with Gasteiger partial charge in [0.2, 0.25) is 5.95 Å². The number of amides is 1. The minimum Gasteiger partial charge on any atom is -0.384 e. The SMILES string of the molecule is CC(NC(=O)c1ccc(F)nc1)c1ccc2c(c1)CCN2. The van der Waals surface area contributed by atoms with Crippen LogP contribution in [0.3, 0.4) is 0 Å². The Balaban J connectivity index is 1.72. The predicted octanol–water partition coefficient (Wildman–Crippen LogP) is 2.68. The average molecular weight is 285 g/mol. The summed E-state index contributed by atoms with van der Waals surface area (Å²) in [5.41, 5.74) is 3.85. The smallest absolute Gasteiger partial charge is 0.253 e. The molecule has 1 aliphatic heterocycles. The van der Waals surface area contributed by atoms with Gasteiger partial charge < -0.3 is 10.6 Å². The molecule has 0 radical (unpaired) electrons. The van der Waals surface area contributed by atoms with Gasteiger partial charge in [0, 0.05) is 18.4 Å². The number of nitrogens with zero attached hydrogens (tertiary/aromatic N) is 1. The van der Waals surface area contributed by atoms with Crippen molar-refractivity contribution in [2.24, 2.45) is 0 Å². The maximum atomic E-state index is 12.8. The molecule has 0 saturated heterocycles. The lowest BCUT2D eigenvalue weighted by atomic mass is 10.0. The number of halogens is 1. The molecule has 2 N–H and O–H groups in total.